The van der Waals surface area contributed by atoms with E-state index in [1.165, 1.54) is 0 Å². The van der Waals surface area contributed by atoms with Crippen LogP contribution in [0.4, 0.5) is 5.82 Å². The molecule has 0 aliphatic heterocycles. The summed E-state index contributed by atoms with van der Waals surface area (Å²) in [5.41, 5.74) is 1.02. The van der Waals surface area contributed by atoms with Crippen LogP contribution in [0.2, 0.25) is 5.02 Å². The van der Waals surface area contributed by atoms with Gasteiger partial charge < -0.3 is 14.5 Å². The zero-order valence-corrected chi connectivity index (χ0v) is 18.3. The number of carbonyl (C=O) groups is 1. The molecule has 0 bridgehead atoms. The number of amides is 1. The number of carbonyl (C=O) groups excluding carboxylic acids is 1. The summed E-state index contributed by atoms with van der Waals surface area (Å²) in [6.07, 6.45) is 1.79. The van der Waals surface area contributed by atoms with E-state index in [2.05, 4.69) is 16.5 Å². The molecular formula is C26H20ClN3O3. The number of nitrogens with one attached hydrogen (secondary N) is 1. The van der Waals surface area contributed by atoms with Crippen LogP contribution in [0.5, 0.6) is 5.75 Å². The van der Waals surface area contributed by atoms with Crippen molar-refractivity contribution in [1.82, 2.24) is 9.78 Å². The van der Waals surface area contributed by atoms with Crippen molar-refractivity contribution in [2.24, 2.45) is 0 Å². The third-order valence-electron chi connectivity index (χ3n) is 5.10. The van der Waals surface area contributed by atoms with Gasteiger partial charge in [-0.2, -0.15) is 5.10 Å². The summed E-state index contributed by atoms with van der Waals surface area (Å²) in [6, 6.07) is 26.6. The number of hydrogen-bond donors (Lipinski definition) is 1. The molecule has 0 saturated heterocycles. The Balaban J connectivity index is 1.18. The van der Waals surface area contributed by atoms with Crippen molar-refractivity contribution >= 4 is 34.1 Å². The van der Waals surface area contributed by atoms with Gasteiger partial charge in [-0.3, -0.25) is 9.48 Å². The fourth-order valence-corrected chi connectivity index (χ4v) is 3.72. The topological polar surface area (TPSA) is 69.3 Å². The lowest BCUT2D eigenvalue weighted by Gasteiger charge is -2.06. The van der Waals surface area contributed by atoms with Crippen molar-refractivity contribution in [1.29, 1.82) is 0 Å². The van der Waals surface area contributed by atoms with Crippen molar-refractivity contribution in [2.45, 2.75) is 13.2 Å². The molecule has 6 nitrogen and oxygen atoms in total. The van der Waals surface area contributed by atoms with Gasteiger partial charge in [0, 0.05) is 17.3 Å². The van der Waals surface area contributed by atoms with E-state index in [-0.39, 0.29) is 18.3 Å². The Morgan fingerprint density at radius 2 is 1.85 bits per heavy atom. The van der Waals surface area contributed by atoms with Crippen LogP contribution in [-0.2, 0) is 13.2 Å². The molecule has 3 aromatic carbocycles. The number of nitrogens with zero attached hydrogens (tertiary/aromatic N) is 2. The molecular weight excluding hydrogens is 438 g/mol. The Morgan fingerprint density at radius 3 is 2.73 bits per heavy atom. The number of ether oxygens (including phenoxy) is 1. The normalized spacial score (nSPS) is 10.9. The molecule has 5 rings (SSSR count). The number of aromatic nitrogens is 2. The maximum Gasteiger partial charge on any atom is 0.292 e. The van der Waals surface area contributed by atoms with Gasteiger partial charge in [0.05, 0.1) is 6.54 Å². The average molecular weight is 458 g/mol. The molecule has 0 radical (unpaired) electrons. The Labute approximate surface area is 195 Å². The van der Waals surface area contributed by atoms with E-state index >= 15 is 0 Å². The second-order valence-corrected chi connectivity index (χ2v) is 7.98. The second-order valence-electron chi connectivity index (χ2n) is 7.55. The molecule has 5 aromatic rings. The largest absolute Gasteiger partial charge is 0.486 e. The van der Waals surface area contributed by atoms with Crippen LogP contribution < -0.4 is 10.1 Å². The number of hydrogen-bond acceptors (Lipinski definition) is 4. The van der Waals surface area contributed by atoms with E-state index in [1.807, 2.05) is 60.7 Å². The third-order valence-corrected chi connectivity index (χ3v) is 5.34. The average Bonchev–Trinajstić information content (AvgIpc) is 3.47. The van der Waals surface area contributed by atoms with Gasteiger partial charge in [-0.25, -0.2) is 0 Å². The highest BCUT2D eigenvalue weighted by Crippen LogP contribution is 2.22. The van der Waals surface area contributed by atoms with Gasteiger partial charge in [-0.05, 0) is 52.7 Å². The first-order valence-electron chi connectivity index (χ1n) is 10.4. The Hall–Kier alpha value is -4.03. The van der Waals surface area contributed by atoms with Crippen LogP contribution in [-0.4, -0.2) is 15.7 Å². The first-order chi connectivity index (χ1) is 16.1. The van der Waals surface area contributed by atoms with Crippen molar-refractivity contribution < 1.29 is 13.9 Å². The monoisotopic (exact) mass is 457 g/mol. The molecule has 1 N–H and O–H groups in total. The quantitative estimate of drug-likeness (QED) is 0.317. The zero-order valence-electron chi connectivity index (χ0n) is 17.6. The molecule has 0 saturated carbocycles. The number of anilines is 1. The molecule has 2 aromatic heterocycles. The summed E-state index contributed by atoms with van der Waals surface area (Å²) in [5.74, 6) is 1.55. The maximum atomic E-state index is 12.5. The lowest BCUT2D eigenvalue weighted by Crippen LogP contribution is -2.12. The summed E-state index contributed by atoms with van der Waals surface area (Å²) in [6.45, 7) is 0.771. The molecule has 0 unspecified atom stereocenters. The highest BCUT2D eigenvalue weighted by molar-refractivity contribution is 6.30. The summed E-state index contributed by atoms with van der Waals surface area (Å²) < 4.78 is 13.2. The molecule has 0 aliphatic rings. The number of furan rings is 1. The highest BCUT2D eigenvalue weighted by atomic mass is 35.5. The predicted octanol–water partition coefficient (Wildman–Crippen LogP) is 6.16. The predicted molar refractivity (Wildman–Crippen MR) is 128 cm³/mol. The Kier molecular flexibility index (Phi) is 5.83. The molecule has 0 aliphatic carbocycles. The maximum absolute atomic E-state index is 12.5. The molecule has 33 heavy (non-hydrogen) atoms. The van der Waals surface area contributed by atoms with Crippen LogP contribution in [0.15, 0.2) is 95.5 Å². The molecule has 7 heteroatoms. The van der Waals surface area contributed by atoms with Gasteiger partial charge in [0.1, 0.15) is 18.1 Å². The zero-order chi connectivity index (χ0) is 22.6. The lowest BCUT2D eigenvalue weighted by atomic mass is 10.1. The van der Waals surface area contributed by atoms with E-state index in [4.69, 9.17) is 20.8 Å². The minimum atomic E-state index is -0.375. The molecule has 0 fully saturated rings. The standard InChI is InChI=1S/C26H20ClN3O3/c27-21-7-3-4-18(14-21)16-30-13-12-25(29-30)28-26(31)24-11-10-23(33-24)17-32-22-9-8-19-5-1-2-6-20(19)15-22/h1-15H,16-17H2,(H,28,29,31). The summed E-state index contributed by atoms with van der Waals surface area (Å²) in [5, 5.41) is 10.1. The minimum Gasteiger partial charge on any atom is -0.486 e. The Morgan fingerprint density at radius 1 is 0.970 bits per heavy atom. The van der Waals surface area contributed by atoms with Gasteiger partial charge in [0.2, 0.25) is 0 Å². The van der Waals surface area contributed by atoms with E-state index < -0.39 is 0 Å². The fourth-order valence-electron chi connectivity index (χ4n) is 3.51. The van der Waals surface area contributed by atoms with Crippen molar-refractivity contribution in [3.05, 3.63) is 113 Å². The number of benzene rings is 3. The number of rotatable bonds is 7. The summed E-state index contributed by atoms with van der Waals surface area (Å²) in [4.78, 5) is 12.5. The second kappa shape index (κ2) is 9.22. The van der Waals surface area contributed by atoms with E-state index in [1.54, 1.807) is 29.1 Å². The first-order valence-corrected chi connectivity index (χ1v) is 10.8. The van der Waals surface area contributed by atoms with E-state index in [0.29, 0.717) is 23.1 Å². The smallest absolute Gasteiger partial charge is 0.292 e. The number of halogens is 1. The van der Waals surface area contributed by atoms with Crippen molar-refractivity contribution in [3.63, 3.8) is 0 Å². The molecule has 0 spiro atoms. The lowest BCUT2D eigenvalue weighted by molar-refractivity contribution is 0.0992. The van der Waals surface area contributed by atoms with E-state index in [0.717, 1.165) is 22.1 Å². The van der Waals surface area contributed by atoms with Gasteiger partial charge in [0.25, 0.3) is 5.91 Å². The van der Waals surface area contributed by atoms with Crippen LogP contribution in [0.3, 0.4) is 0 Å². The molecule has 1 amide bonds. The highest BCUT2D eigenvalue weighted by Gasteiger charge is 2.13. The summed E-state index contributed by atoms with van der Waals surface area (Å²) in [7, 11) is 0. The first kappa shape index (κ1) is 20.8. The number of fused-ring (bicyclic) bond motifs is 1. The van der Waals surface area contributed by atoms with Crippen LogP contribution in [0.25, 0.3) is 10.8 Å². The molecule has 2 heterocycles. The van der Waals surface area contributed by atoms with Crippen LogP contribution in [0, 0.1) is 0 Å². The van der Waals surface area contributed by atoms with Gasteiger partial charge in [-0.1, -0.05) is 54.1 Å². The van der Waals surface area contributed by atoms with Crippen LogP contribution >= 0.6 is 11.6 Å². The van der Waals surface area contributed by atoms with Crippen molar-refractivity contribution in [2.75, 3.05) is 5.32 Å². The van der Waals surface area contributed by atoms with Gasteiger partial charge in [-0.15, -0.1) is 0 Å². The molecule has 0 atom stereocenters. The molecule has 164 valence electrons. The fraction of sp³-hybridized carbons (Fsp3) is 0.0769. The van der Waals surface area contributed by atoms with Gasteiger partial charge >= 0.3 is 0 Å². The van der Waals surface area contributed by atoms with E-state index in [9.17, 15) is 4.79 Å². The summed E-state index contributed by atoms with van der Waals surface area (Å²) >= 11 is 6.03. The van der Waals surface area contributed by atoms with Crippen LogP contribution in [0.1, 0.15) is 21.9 Å². The van der Waals surface area contributed by atoms with Crippen molar-refractivity contribution in [3.8, 4) is 5.75 Å². The third kappa shape index (κ3) is 5.07. The van der Waals surface area contributed by atoms with Gasteiger partial charge in [0.15, 0.2) is 11.6 Å². The minimum absolute atomic E-state index is 0.191. The Bertz CT molecular complexity index is 1420. The SMILES string of the molecule is O=C(Nc1ccn(Cc2cccc(Cl)c2)n1)c1ccc(COc2ccc3ccccc3c2)o1.